The van der Waals surface area contributed by atoms with Gasteiger partial charge >= 0.3 is 0 Å². The molecule has 0 spiro atoms. The molecular formula is C14H22N6O4. The molecule has 10 nitrogen and oxygen atoms in total. The molecule has 4 atom stereocenters. The van der Waals surface area contributed by atoms with Crippen LogP contribution < -0.4 is 11.5 Å². The van der Waals surface area contributed by atoms with Gasteiger partial charge in [-0.2, -0.15) is 9.97 Å². The van der Waals surface area contributed by atoms with E-state index >= 15 is 0 Å². The van der Waals surface area contributed by atoms with E-state index in [-0.39, 0.29) is 17.4 Å². The van der Waals surface area contributed by atoms with Crippen molar-refractivity contribution in [2.24, 2.45) is 0 Å². The molecule has 1 saturated heterocycles. The van der Waals surface area contributed by atoms with Crippen LogP contribution in [0.2, 0.25) is 0 Å². The predicted octanol–water partition coefficient (Wildman–Crippen LogP) is -1.05. The van der Waals surface area contributed by atoms with Gasteiger partial charge in [0.1, 0.15) is 22.3 Å². The highest BCUT2D eigenvalue weighted by molar-refractivity contribution is 5.82. The van der Waals surface area contributed by atoms with E-state index in [1.807, 2.05) is 0 Å². The molecule has 0 unspecified atom stereocenters. The van der Waals surface area contributed by atoms with E-state index in [9.17, 15) is 15.3 Å². The van der Waals surface area contributed by atoms with Crippen LogP contribution in [0.25, 0.3) is 11.2 Å². The smallest absolute Gasteiger partial charge is 0.224 e. The number of hydrogen-bond donors (Lipinski definition) is 5. The van der Waals surface area contributed by atoms with Gasteiger partial charge in [0.05, 0.1) is 12.9 Å². The summed E-state index contributed by atoms with van der Waals surface area (Å²) in [5, 5.41) is 31.8. The summed E-state index contributed by atoms with van der Waals surface area (Å²) < 4.78 is 7.42. The summed E-state index contributed by atoms with van der Waals surface area (Å²) in [6.07, 6.45) is 1.38. The number of nitrogen functional groups attached to an aromatic ring is 2. The minimum atomic E-state index is -1.81. The molecule has 0 bridgehead atoms. The lowest BCUT2D eigenvalue weighted by atomic mass is 9.73. The number of ether oxygens (including phenoxy) is 1. The topological polar surface area (TPSA) is 166 Å². The van der Waals surface area contributed by atoms with Crippen molar-refractivity contribution in [3.63, 3.8) is 0 Å². The second kappa shape index (κ2) is 4.54. The molecular weight excluding hydrogens is 316 g/mol. The van der Waals surface area contributed by atoms with Crippen LogP contribution in [0.3, 0.4) is 0 Å². The van der Waals surface area contributed by atoms with Gasteiger partial charge in [-0.15, -0.1) is 0 Å². The standard InChI is InChI=1S/C14H22N6O4/c1-11(5-21)12(2,22)13(3,23)14(4,24-11)20-6-17-7-8(15)18-10(16)19-9(7)20/h6,21-23H,5H2,1-4H3,(H4,15,16,18,19)/t11-,12+,13+,14-/m1/s1. The Bertz CT molecular complexity index is 819. The summed E-state index contributed by atoms with van der Waals surface area (Å²) in [5.74, 6) is 0.0360. The van der Waals surface area contributed by atoms with Crippen molar-refractivity contribution < 1.29 is 20.1 Å². The Morgan fingerprint density at radius 1 is 1.12 bits per heavy atom. The molecule has 0 radical (unpaired) electrons. The van der Waals surface area contributed by atoms with Crippen molar-refractivity contribution >= 4 is 22.9 Å². The molecule has 10 heteroatoms. The molecule has 3 heterocycles. The highest BCUT2D eigenvalue weighted by Gasteiger charge is 2.72. The van der Waals surface area contributed by atoms with Gasteiger partial charge in [-0.05, 0) is 27.7 Å². The molecule has 24 heavy (non-hydrogen) atoms. The molecule has 7 N–H and O–H groups in total. The van der Waals surface area contributed by atoms with Crippen molar-refractivity contribution in [3.05, 3.63) is 6.33 Å². The van der Waals surface area contributed by atoms with Crippen LogP contribution in [0.4, 0.5) is 11.8 Å². The quantitative estimate of drug-likeness (QED) is 0.459. The van der Waals surface area contributed by atoms with E-state index in [2.05, 4.69) is 15.0 Å². The van der Waals surface area contributed by atoms with E-state index < -0.39 is 29.1 Å². The number of aliphatic hydroxyl groups excluding tert-OH is 1. The van der Waals surface area contributed by atoms with Crippen molar-refractivity contribution in [2.75, 3.05) is 18.1 Å². The monoisotopic (exact) mass is 338 g/mol. The Labute approximate surface area is 138 Å². The number of nitrogens with zero attached hydrogens (tertiary/aromatic N) is 4. The zero-order chi connectivity index (χ0) is 18.1. The summed E-state index contributed by atoms with van der Waals surface area (Å²) >= 11 is 0. The maximum Gasteiger partial charge on any atom is 0.224 e. The fourth-order valence-electron chi connectivity index (χ4n) is 3.33. The van der Waals surface area contributed by atoms with Crippen molar-refractivity contribution in [1.82, 2.24) is 19.5 Å². The highest BCUT2D eigenvalue weighted by atomic mass is 16.6. The summed E-state index contributed by atoms with van der Waals surface area (Å²) in [4.78, 5) is 12.1. The van der Waals surface area contributed by atoms with Crippen LogP contribution in [0, 0.1) is 0 Å². The van der Waals surface area contributed by atoms with Crippen molar-refractivity contribution in [2.45, 2.75) is 50.2 Å². The highest BCUT2D eigenvalue weighted by Crippen LogP contribution is 2.54. The third kappa shape index (κ3) is 1.71. The van der Waals surface area contributed by atoms with Gasteiger partial charge in [0, 0.05) is 0 Å². The van der Waals surface area contributed by atoms with Gasteiger partial charge < -0.3 is 31.5 Å². The lowest BCUT2D eigenvalue weighted by Crippen LogP contribution is -2.63. The van der Waals surface area contributed by atoms with E-state index in [0.717, 1.165) is 0 Å². The van der Waals surface area contributed by atoms with Gasteiger partial charge in [-0.25, -0.2) is 4.98 Å². The third-order valence-electron chi connectivity index (χ3n) is 5.51. The van der Waals surface area contributed by atoms with Crippen LogP contribution in [0.15, 0.2) is 6.33 Å². The van der Waals surface area contributed by atoms with E-state index in [0.29, 0.717) is 5.52 Å². The zero-order valence-corrected chi connectivity index (χ0v) is 14.0. The average Bonchev–Trinajstić information content (AvgIpc) is 2.94. The van der Waals surface area contributed by atoms with Gasteiger partial charge in [0.25, 0.3) is 0 Å². The first-order valence-electron chi connectivity index (χ1n) is 7.43. The molecule has 0 saturated carbocycles. The van der Waals surface area contributed by atoms with Gasteiger partial charge in [0.15, 0.2) is 17.2 Å². The Kier molecular flexibility index (Phi) is 3.18. The molecule has 0 amide bonds. The zero-order valence-electron chi connectivity index (χ0n) is 14.0. The molecule has 1 aliphatic rings. The Morgan fingerprint density at radius 3 is 2.29 bits per heavy atom. The maximum absolute atomic E-state index is 11.1. The third-order valence-corrected chi connectivity index (χ3v) is 5.51. The lowest BCUT2D eigenvalue weighted by Gasteiger charge is -2.42. The predicted molar refractivity (Wildman–Crippen MR) is 85.6 cm³/mol. The van der Waals surface area contributed by atoms with E-state index in [4.69, 9.17) is 16.2 Å². The Balaban J connectivity index is 2.30. The molecule has 0 aromatic carbocycles. The summed E-state index contributed by atoms with van der Waals surface area (Å²) in [6, 6.07) is 0. The molecule has 1 fully saturated rings. The minimum absolute atomic E-state index is 0.0559. The van der Waals surface area contributed by atoms with Crippen LogP contribution in [0.1, 0.15) is 27.7 Å². The maximum atomic E-state index is 11.1. The first kappa shape index (κ1) is 16.8. The largest absolute Gasteiger partial charge is 0.393 e. The molecule has 1 aliphatic heterocycles. The SMILES string of the molecule is C[C@]1(O)[C@@](C)(O)[C@@](C)(CO)O[C@@]1(C)n1cnc2c(N)nc(N)nc21. The average molecular weight is 338 g/mol. The second-order valence-corrected chi connectivity index (χ2v) is 6.87. The number of aromatic nitrogens is 4. The summed E-state index contributed by atoms with van der Waals surface area (Å²) in [6.45, 7) is 5.41. The lowest BCUT2D eigenvalue weighted by molar-refractivity contribution is -0.192. The molecule has 3 rings (SSSR count). The molecule has 2 aromatic heterocycles. The first-order valence-corrected chi connectivity index (χ1v) is 7.43. The van der Waals surface area contributed by atoms with Gasteiger partial charge in [-0.3, -0.25) is 4.57 Å². The Morgan fingerprint density at radius 2 is 1.75 bits per heavy atom. The number of anilines is 2. The normalized spacial score (nSPS) is 39.6. The summed E-state index contributed by atoms with van der Waals surface area (Å²) in [7, 11) is 0. The molecule has 2 aromatic rings. The van der Waals surface area contributed by atoms with Crippen LogP contribution in [-0.4, -0.2) is 58.2 Å². The van der Waals surface area contributed by atoms with Crippen molar-refractivity contribution in [1.29, 1.82) is 0 Å². The minimum Gasteiger partial charge on any atom is -0.393 e. The number of hydrogen-bond acceptors (Lipinski definition) is 9. The van der Waals surface area contributed by atoms with Gasteiger partial charge in [0.2, 0.25) is 5.95 Å². The Hall–Kier alpha value is -2.01. The molecule has 132 valence electrons. The van der Waals surface area contributed by atoms with Crippen LogP contribution >= 0.6 is 0 Å². The number of fused-ring (bicyclic) bond motifs is 1. The number of nitrogens with two attached hydrogens (primary N) is 2. The number of rotatable bonds is 2. The molecule has 0 aliphatic carbocycles. The first-order chi connectivity index (χ1) is 10.9. The number of aliphatic hydroxyl groups is 3. The fraction of sp³-hybridized carbons (Fsp3) is 0.643. The van der Waals surface area contributed by atoms with Crippen molar-refractivity contribution in [3.8, 4) is 0 Å². The van der Waals surface area contributed by atoms with E-state index in [1.165, 1.54) is 31.7 Å². The van der Waals surface area contributed by atoms with Crippen LogP contribution in [0.5, 0.6) is 0 Å². The van der Waals surface area contributed by atoms with Crippen LogP contribution in [-0.2, 0) is 10.5 Å². The number of imidazole rings is 1. The fourth-order valence-corrected chi connectivity index (χ4v) is 3.33. The van der Waals surface area contributed by atoms with Gasteiger partial charge in [-0.1, -0.05) is 0 Å². The van der Waals surface area contributed by atoms with E-state index in [1.54, 1.807) is 6.92 Å². The second-order valence-electron chi connectivity index (χ2n) is 6.87. The summed E-state index contributed by atoms with van der Waals surface area (Å²) in [5.41, 5.74) is 5.51.